The lowest BCUT2D eigenvalue weighted by Gasteiger charge is -2.31. The van der Waals surface area contributed by atoms with Crippen LogP contribution in [0.25, 0.3) is 11.0 Å². The Morgan fingerprint density at radius 2 is 2.06 bits per heavy atom. The number of hydrogen-bond donors (Lipinski definition) is 3. The van der Waals surface area contributed by atoms with Gasteiger partial charge in [-0.3, -0.25) is 0 Å². The molecule has 0 radical (unpaired) electrons. The van der Waals surface area contributed by atoms with Gasteiger partial charge in [0, 0.05) is 0 Å². The van der Waals surface area contributed by atoms with Crippen LogP contribution in [0.2, 0.25) is 0 Å². The van der Waals surface area contributed by atoms with Gasteiger partial charge in [-0.1, -0.05) is 0 Å². The van der Waals surface area contributed by atoms with Gasteiger partial charge in [-0.2, -0.15) is 0 Å². The Morgan fingerprint density at radius 3 is 2.82 bits per heavy atom. The fourth-order valence-electron chi connectivity index (χ4n) is 2.33. The molecule has 4 N–H and O–H groups in total. The van der Waals surface area contributed by atoms with Crippen LogP contribution < -0.4 is 11.1 Å². The average Bonchev–Trinajstić information content (AvgIpc) is 2.73. The number of H-pyrrole nitrogens is 1. The van der Waals surface area contributed by atoms with Gasteiger partial charge in [0.25, 0.3) is 0 Å². The molecule has 17 heavy (non-hydrogen) atoms. The number of hydrogen-bond acceptors (Lipinski definition) is 3. The molecule has 1 fully saturated rings. The van der Waals surface area contributed by atoms with E-state index in [-0.39, 0.29) is 5.82 Å². The zero-order valence-electron chi connectivity index (χ0n) is 9.46. The zero-order valence-corrected chi connectivity index (χ0v) is 9.46. The molecule has 90 valence electrons. The minimum atomic E-state index is -0.416. The summed E-state index contributed by atoms with van der Waals surface area (Å²) in [4.78, 5) is 7.62. The Labute approximate surface area is 98.4 Å². The summed E-state index contributed by atoms with van der Waals surface area (Å²) < 4.78 is 13.1. The molecular formula is C12H15FN4. The normalized spacial score (nSPS) is 19.6. The van der Waals surface area contributed by atoms with Crippen LogP contribution in [0.5, 0.6) is 0 Å². The third-order valence-electron chi connectivity index (χ3n) is 3.41. The van der Waals surface area contributed by atoms with Gasteiger partial charge >= 0.3 is 0 Å². The molecule has 2 aromatic rings. The van der Waals surface area contributed by atoms with E-state index in [1.807, 2.05) is 0 Å². The van der Waals surface area contributed by atoms with Crippen LogP contribution in [-0.4, -0.2) is 23.1 Å². The summed E-state index contributed by atoms with van der Waals surface area (Å²) in [5.41, 5.74) is 7.42. The maximum atomic E-state index is 13.1. The number of aromatic amines is 1. The van der Waals surface area contributed by atoms with Gasteiger partial charge in [-0.25, -0.2) is 9.37 Å². The molecule has 0 bridgehead atoms. The summed E-state index contributed by atoms with van der Waals surface area (Å²) in [6.07, 6.45) is 1.69. The third-order valence-corrected chi connectivity index (χ3v) is 3.41. The molecule has 0 amide bonds. The van der Waals surface area contributed by atoms with E-state index in [4.69, 9.17) is 5.73 Å². The van der Waals surface area contributed by atoms with Crippen molar-refractivity contribution in [3.63, 3.8) is 0 Å². The maximum Gasteiger partial charge on any atom is 0.127 e. The number of rotatable bonds is 1. The first-order valence-corrected chi connectivity index (χ1v) is 5.83. The predicted octanol–water partition coefficient (Wildman–Crippen LogP) is 1.24. The molecule has 4 nitrogen and oxygen atoms in total. The number of halogens is 1. The summed E-state index contributed by atoms with van der Waals surface area (Å²) in [5, 5.41) is 3.27. The van der Waals surface area contributed by atoms with Crippen LogP contribution in [0.4, 0.5) is 4.39 Å². The first-order valence-electron chi connectivity index (χ1n) is 5.83. The van der Waals surface area contributed by atoms with E-state index in [0.29, 0.717) is 5.52 Å². The van der Waals surface area contributed by atoms with Crippen molar-refractivity contribution in [2.75, 3.05) is 13.1 Å². The van der Waals surface area contributed by atoms with E-state index in [1.165, 1.54) is 12.1 Å². The highest BCUT2D eigenvalue weighted by atomic mass is 19.1. The number of piperidine rings is 1. The Morgan fingerprint density at radius 1 is 1.29 bits per heavy atom. The third kappa shape index (κ3) is 1.81. The highest BCUT2D eigenvalue weighted by Crippen LogP contribution is 2.27. The first kappa shape index (κ1) is 10.7. The molecule has 0 atom stereocenters. The average molecular weight is 234 g/mol. The molecule has 0 spiro atoms. The van der Waals surface area contributed by atoms with Gasteiger partial charge in [-0.15, -0.1) is 0 Å². The second kappa shape index (κ2) is 3.78. The van der Waals surface area contributed by atoms with Crippen LogP contribution in [0.3, 0.4) is 0 Å². The van der Waals surface area contributed by atoms with E-state index in [0.717, 1.165) is 37.3 Å². The molecule has 1 aliphatic heterocycles. The van der Waals surface area contributed by atoms with E-state index in [2.05, 4.69) is 15.3 Å². The van der Waals surface area contributed by atoms with E-state index >= 15 is 0 Å². The first-order chi connectivity index (χ1) is 8.17. The number of imidazole rings is 1. The molecule has 1 saturated heterocycles. The maximum absolute atomic E-state index is 13.1. The smallest absolute Gasteiger partial charge is 0.127 e. The van der Waals surface area contributed by atoms with Crippen molar-refractivity contribution in [1.29, 1.82) is 0 Å². The fraction of sp³-hybridized carbons (Fsp3) is 0.417. The van der Waals surface area contributed by atoms with Crippen molar-refractivity contribution < 1.29 is 4.39 Å². The van der Waals surface area contributed by atoms with Crippen LogP contribution in [0.15, 0.2) is 18.2 Å². The molecule has 5 heteroatoms. The predicted molar refractivity (Wildman–Crippen MR) is 64.0 cm³/mol. The second-order valence-corrected chi connectivity index (χ2v) is 4.65. The van der Waals surface area contributed by atoms with E-state index in [9.17, 15) is 4.39 Å². The minimum Gasteiger partial charge on any atom is -0.340 e. The summed E-state index contributed by atoms with van der Waals surface area (Å²) in [6, 6.07) is 4.55. The molecule has 0 unspecified atom stereocenters. The largest absolute Gasteiger partial charge is 0.340 e. The summed E-state index contributed by atoms with van der Waals surface area (Å²) in [6.45, 7) is 1.78. The lowest BCUT2D eigenvalue weighted by Crippen LogP contribution is -2.47. The highest BCUT2D eigenvalue weighted by molar-refractivity contribution is 5.75. The Bertz CT molecular complexity index is 542. The molecule has 0 aliphatic carbocycles. The molecule has 3 rings (SSSR count). The number of nitrogens with zero attached hydrogens (tertiary/aromatic N) is 1. The van der Waals surface area contributed by atoms with Gasteiger partial charge in [-0.05, 0) is 44.1 Å². The van der Waals surface area contributed by atoms with Gasteiger partial charge < -0.3 is 16.0 Å². The SMILES string of the molecule is NC1(c2nc3ccc(F)cc3[nH]2)CCNCC1. The fourth-order valence-corrected chi connectivity index (χ4v) is 2.33. The van der Waals surface area contributed by atoms with E-state index in [1.54, 1.807) is 6.07 Å². The van der Waals surface area contributed by atoms with Gasteiger partial charge in [0.15, 0.2) is 0 Å². The Kier molecular flexibility index (Phi) is 2.38. The zero-order chi connectivity index (χ0) is 11.9. The summed E-state index contributed by atoms with van der Waals surface area (Å²) in [5.74, 6) is 0.503. The quantitative estimate of drug-likeness (QED) is 0.695. The lowest BCUT2D eigenvalue weighted by molar-refractivity contribution is 0.304. The second-order valence-electron chi connectivity index (χ2n) is 4.65. The van der Waals surface area contributed by atoms with Crippen LogP contribution >= 0.6 is 0 Å². The standard InChI is InChI=1S/C12H15FN4/c13-8-1-2-9-10(7-8)17-11(16-9)12(14)3-5-15-6-4-12/h1-2,7,15H,3-6,14H2,(H,16,17). The highest BCUT2D eigenvalue weighted by Gasteiger charge is 2.32. The topological polar surface area (TPSA) is 66.7 Å². The monoisotopic (exact) mass is 234 g/mol. The van der Waals surface area contributed by atoms with Gasteiger partial charge in [0.1, 0.15) is 11.6 Å². The molecule has 1 aromatic heterocycles. The van der Waals surface area contributed by atoms with Crippen molar-refractivity contribution in [2.45, 2.75) is 18.4 Å². The molecule has 0 saturated carbocycles. The Hall–Kier alpha value is -1.46. The van der Waals surface area contributed by atoms with Crippen molar-refractivity contribution in [3.05, 3.63) is 29.8 Å². The number of fused-ring (bicyclic) bond motifs is 1. The van der Waals surface area contributed by atoms with Crippen LogP contribution in [0.1, 0.15) is 18.7 Å². The minimum absolute atomic E-state index is 0.260. The molecular weight excluding hydrogens is 219 g/mol. The molecule has 1 aliphatic rings. The van der Waals surface area contributed by atoms with Gasteiger partial charge in [0.2, 0.25) is 0 Å². The summed E-state index contributed by atoms with van der Waals surface area (Å²) >= 11 is 0. The van der Waals surface area contributed by atoms with Crippen molar-refractivity contribution in [2.24, 2.45) is 5.73 Å². The summed E-state index contributed by atoms with van der Waals surface area (Å²) in [7, 11) is 0. The van der Waals surface area contributed by atoms with Crippen LogP contribution in [0, 0.1) is 5.82 Å². The lowest BCUT2D eigenvalue weighted by atomic mass is 9.89. The number of nitrogens with two attached hydrogens (primary N) is 1. The Balaban J connectivity index is 2.05. The number of aromatic nitrogens is 2. The van der Waals surface area contributed by atoms with Crippen molar-refractivity contribution >= 4 is 11.0 Å². The van der Waals surface area contributed by atoms with Crippen LogP contribution in [-0.2, 0) is 5.54 Å². The molecule has 2 heterocycles. The molecule has 1 aromatic carbocycles. The number of benzene rings is 1. The van der Waals surface area contributed by atoms with Crippen molar-refractivity contribution in [3.8, 4) is 0 Å². The van der Waals surface area contributed by atoms with Crippen molar-refractivity contribution in [1.82, 2.24) is 15.3 Å². The number of nitrogens with one attached hydrogen (secondary N) is 2. The van der Waals surface area contributed by atoms with E-state index < -0.39 is 5.54 Å². The van der Waals surface area contributed by atoms with Gasteiger partial charge in [0.05, 0.1) is 16.6 Å².